The Morgan fingerprint density at radius 3 is 2.37 bits per heavy atom. The quantitative estimate of drug-likeness (QED) is 0.554. The number of aliphatic hydroxyl groups is 1. The number of nitrogens with one attached hydrogen (secondary N) is 1. The molecule has 0 bridgehead atoms. The molecular weight excluding hydrogens is 248 g/mol. The Balaban J connectivity index is 2.56. The van der Waals surface area contributed by atoms with Gasteiger partial charge in [0.25, 0.3) is 0 Å². The van der Waals surface area contributed by atoms with Gasteiger partial charge in [0.1, 0.15) is 6.04 Å². The molecule has 2 atom stereocenters. The molecule has 0 spiro atoms. The van der Waals surface area contributed by atoms with Crippen molar-refractivity contribution in [2.24, 2.45) is 0 Å². The number of carbonyl (C=O) groups is 2. The molecule has 0 aromatic heterocycles. The van der Waals surface area contributed by atoms with Crippen molar-refractivity contribution < 1.29 is 19.8 Å². The third kappa shape index (κ3) is 4.59. The lowest BCUT2D eigenvalue weighted by atomic mass is 9.97. The second-order valence-electron chi connectivity index (χ2n) is 4.41. The molecule has 1 aromatic rings. The molecular formula is C13H18N2O4. The minimum atomic E-state index is -1.26. The van der Waals surface area contributed by atoms with Gasteiger partial charge in [-0.05, 0) is 23.6 Å². The van der Waals surface area contributed by atoms with Gasteiger partial charge in [0.05, 0.1) is 6.61 Å². The van der Waals surface area contributed by atoms with Crippen LogP contribution in [0.25, 0.3) is 0 Å². The van der Waals surface area contributed by atoms with E-state index in [1.807, 2.05) is 19.1 Å². The Bertz CT molecular complexity index is 444. The lowest BCUT2D eigenvalue weighted by molar-refractivity contribution is -0.143. The zero-order valence-corrected chi connectivity index (χ0v) is 10.7. The monoisotopic (exact) mass is 266 g/mol. The van der Waals surface area contributed by atoms with Crippen molar-refractivity contribution in [3.63, 3.8) is 0 Å². The molecule has 6 nitrogen and oxygen atoms in total. The summed E-state index contributed by atoms with van der Waals surface area (Å²) in [6.07, 6.45) is 0.147. The van der Waals surface area contributed by atoms with E-state index in [-0.39, 0.29) is 12.3 Å². The molecule has 1 amide bonds. The maximum Gasteiger partial charge on any atom is 0.328 e. The van der Waals surface area contributed by atoms with Gasteiger partial charge in [-0.15, -0.1) is 0 Å². The molecule has 0 heterocycles. The molecule has 0 radical (unpaired) electrons. The summed E-state index contributed by atoms with van der Waals surface area (Å²) in [5.41, 5.74) is 7.16. The average Bonchev–Trinajstić information content (AvgIpc) is 2.36. The van der Waals surface area contributed by atoms with E-state index in [4.69, 9.17) is 15.9 Å². The van der Waals surface area contributed by atoms with Crippen molar-refractivity contribution in [1.82, 2.24) is 5.32 Å². The number of anilines is 1. The fourth-order valence-corrected chi connectivity index (χ4v) is 1.66. The van der Waals surface area contributed by atoms with Crippen molar-refractivity contribution in [2.75, 3.05) is 12.3 Å². The van der Waals surface area contributed by atoms with Crippen LogP contribution in [-0.2, 0) is 9.59 Å². The van der Waals surface area contributed by atoms with Crippen LogP contribution in [0.2, 0.25) is 0 Å². The SMILES string of the molecule is CC(CC(=O)N[C@H](CO)C(=O)O)c1ccc(N)cc1. The largest absolute Gasteiger partial charge is 0.480 e. The number of aliphatic carboxylic acids is 1. The third-order valence-corrected chi connectivity index (χ3v) is 2.81. The minimum Gasteiger partial charge on any atom is -0.480 e. The van der Waals surface area contributed by atoms with E-state index in [1.54, 1.807) is 12.1 Å². The van der Waals surface area contributed by atoms with Crippen LogP contribution in [0.3, 0.4) is 0 Å². The van der Waals surface area contributed by atoms with Gasteiger partial charge in [-0.2, -0.15) is 0 Å². The van der Waals surface area contributed by atoms with Gasteiger partial charge in [-0.1, -0.05) is 19.1 Å². The Labute approximate surface area is 111 Å². The van der Waals surface area contributed by atoms with Crippen LogP contribution >= 0.6 is 0 Å². The van der Waals surface area contributed by atoms with E-state index >= 15 is 0 Å². The van der Waals surface area contributed by atoms with Crippen molar-refractivity contribution in [2.45, 2.75) is 25.3 Å². The number of nitrogen functional groups attached to an aromatic ring is 1. The Morgan fingerprint density at radius 1 is 1.32 bits per heavy atom. The van der Waals surface area contributed by atoms with Gasteiger partial charge >= 0.3 is 5.97 Å². The van der Waals surface area contributed by atoms with Gasteiger partial charge in [-0.3, -0.25) is 4.79 Å². The number of amides is 1. The van der Waals surface area contributed by atoms with Crippen LogP contribution in [0.15, 0.2) is 24.3 Å². The van der Waals surface area contributed by atoms with Crippen molar-refractivity contribution in [3.8, 4) is 0 Å². The lowest BCUT2D eigenvalue weighted by Crippen LogP contribution is -2.43. The van der Waals surface area contributed by atoms with Crippen LogP contribution in [0.5, 0.6) is 0 Å². The first kappa shape index (κ1) is 15.0. The maximum atomic E-state index is 11.7. The van der Waals surface area contributed by atoms with Crippen LogP contribution in [0, 0.1) is 0 Å². The van der Waals surface area contributed by atoms with Gasteiger partial charge in [-0.25, -0.2) is 4.79 Å². The molecule has 1 rings (SSSR count). The highest BCUT2D eigenvalue weighted by atomic mass is 16.4. The number of benzene rings is 1. The number of nitrogens with two attached hydrogens (primary N) is 1. The van der Waals surface area contributed by atoms with Crippen LogP contribution in [0.1, 0.15) is 24.8 Å². The Kier molecular flexibility index (Phi) is 5.32. The molecule has 19 heavy (non-hydrogen) atoms. The highest BCUT2D eigenvalue weighted by Crippen LogP contribution is 2.19. The number of carboxylic acids is 1. The van der Waals surface area contributed by atoms with Crippen LogP contribution in [0.4, 0.5) is 5.69 Å². The minimum absolute atomic E-state index is 0.0614. The topological polar surface area (TPSA) is 113 Å². The standard InChI is InChI=1S/C13H18N2O4/c1-8(9-2-4-10(14)5-3-9)6-12(17)15-11(7-16)13(18)19/h2-5,8,11,16H,6-7,14H2,1H3,(H,15,17)(H,18,19)/t8?,11-/m1/s1. The molecule has 6 heteroatoms. The van der Waals surface area contributed by atoms with Gasteiger partial charge in [0.15, 0.2) is 0 Å². The van der Waals surface area contributed by atoms with E-state index in [0.29, 0.717) is 5.69 Å². The maximum absolute atomic E-state index is 11.7. The smallest absolute Gasteiger partial charge is 0.328 e. The predicted octanol–water partition coefficient (Wildman–Crippen LogP) is 0.324. The Morgan fingerprint density at radius 2 is 1.89 bits per heavy atom. The third-order valence-electron chi connectivity index (χ3n) is 2.81. The number of hydrogen-bond donors (Lipinski definition) is 4. The average molecular weight is 266 g/mol. The van der Waals surface area contributed by atoms with Gasteiger partial charge in [0, 0.05) is 12.1 Å². The first-order valence-corrected chi connectivity index (χ1v) is 5.92. The summed E-state index contributed by atoms with van der Waals surface area (Å²) < 4.78 is 0. The normalized spacial score (nSPS) is 13.6. The number of carbonyl (C=O) groups excluding carboxylic acids is 1. The molecule has 0 fully saturated rings. The van der Waals surface area contributed by atoms with Crippen LogP contribution in [-0.4, -0.2) is 34.7 Å². The number of carboxylic acid groups (broad SMARTS) is 1. The van der Waals surface area contributed by atoms with E-state index in [0.717, 1.165) is 5.56 Å². The molecule has 0 saturated carbocycles. The van der Waals surface area contributed by atoms with E-state index in [2.05, 4.69) is 5.32 Å². The zero-order chi connectivity index (χ0) is 14.4. The van der Waals surface area contributed by atoms with Gasteiger partial charge < -0.3 is 21.3 Å². The first-order valence-electron chi connectivity index (χ1n) is 5.92. The van der Waals surface area contributed by atoms with Crippen molar-refractivity contribution in [1.29, 1.82) is 0 Å². The molecule has 0 aliphatic heterocycles. The molecule has 0 aliphatic carbocycles. The van der Waals surface area contributed by atoms with E-state index in [9.17, 15) is 9.59 Å². The van der Waals surface area contributed by atoms with E-state index in [1.165, 1.54) is 0 Å². The number of rotatable bonds is 6. The fraction of sp³-hybridized carbons (Fsp3) is 0.385. The second kappa shape index (κ2) is 6.75. The summed E-state index contributed by atoms with van der Waals surface area (Å²) in [5.74, 6) is -1.73. The van der Waals surface area contributed by atoms with Crippen LogP contribution < -0.4 is 11.1 Å². The predicted molar refractivity (Wildman–Crippen MR) is 70.5 cm³/mol. The summed E-state index contributed by atoms with van der Waals surface area (Å²) in [5, 5.41) is 19.8. The Hall–Kier alpha value is -2.08. The molecule has 0 aliphatic rings. The molecule has 1 unspecified atom stereocenters. The second-order valence-corrected chi connectivity index (χ2v) is 4.41. The fourth-order valence-electron chi connectivity index (χ4n) is 1.66. The molecule has 5 N–H and O–H groups in total. The lowest BCUT2D eigenvalue weighted by Gasteiger charge is -2.15. The highest BCUT2D eigenvalue weighted by molar-refractivity contribution is 5.84. The summed E-state index contributed by atoms with van der Waals surface area (Å²) in [6.45, 7) is 1.23. The highest BCUT2D eigenvalue weighted by Gasteiger charge is 2.20. The van der Waals surface area contributed by atoms with Gasteiger partial charge in [0.2, 0.25) is 5.91 Å². The van der Waals surface area contributed by atoms with Crippen molar-refractivity contribution in [3.05, 3.63) is 29.8 Å². The summed E-state index contributed by atoms with van der Waals surface area (Å²) >= 11 is 0. The van der Waals surface area contributed by atoms with Crippen molar-refractivity contribution >= 4 is 17.6 Å². The number of hydrogen-bond acceptors (Lipinski definition) is 4. The summed E-state index contributed by atoms with van der Waals surface area (Å²) in [4.78, 5) is 22.3. The molecule has 0 saturated heterocycles. The molecule has 1 aromatic carbocycles. The zero-order valence-electron chi connectivity index (χ0n) is 10.7. The molecule has 104 valence electrons. The number of aliphatic hydroxyl groups excluding tert-OH is 1. The summed E-state index contributed by atoms with van der Waals surface area (Å²) in [7, 11) is 0. The van der Waals surface area contributed by atoms with E-state index < -0.39 is 24.5 Å². The summed E-state index contributed by atoms with van der Waals surface area (Å²) in [6, 6.07) is 5.89. The first-order chi connectivity index (χ1) is 8.93.